The van der Waals surface area contributed by atoms with E-state index in [2.05, 4.69) is 22.9 Å². The molecule has 2 rings (SSSR count). The van der Waals surface area contributed by atoms with E-state index in [1.54, 1.807) is 6.20 Å². The second-order valence-electron chi connectivity index (χ2n) is 4.06. The highest BCUT2D eigenvalue weighted by Crippen LogP contribution is 2.29. The molecule has 2 N–H and O–H groups in total. The van der Waals surface area contributed by atoms with Crippen molar-refractivity contribution in [3.05, 3.63) is 30.5 Å². The summed E-state index contributed by atoms with van der Waals surface area (Å²) in [5, 5.41) is 9.67. The van der Waals surface area contributed by atoms with Gasteiger partial charge in [0.2, 0.25) is 0 Å². The Morgan fingerprint density at radius 3 is 2.94 bits per heavy atom. The zero-order valence-corrected chi connectivity index (χ0v) is 10.4. The Morgan fingerprint density at radius 1 is 1.39 bits per heavy atom. The largest absolute Gasteiger partial charge is 0.398 e. The first-order chi connectivity index (χ1) is 8.77. The fraction of sp³-hybridized carbons (Fsp3) is 0.286. The first kappa shape index (κ1) is 12.2. The lowest BCUT2D eigenvalue weighted by molar-refractivity contribution is 0.829. The Morgan fingerprint density at radius 2 is 2.22 bits per heavy atom. The van der Waals surface area contributed by atoms with Gasteiger partial charge in [-0.15, -0.1) is 0 Å². The standard InChI is InChI=1S/C14H16N4/c1-2-18(10-4-8-15)13-7-6-12(16)11-5-3-9-17-14(11)13/h3,5-7,9H,2,4,10,16H2,1H3. The van der Waals surface area contributed by atoms with E-state index in [4.69, 9.17) is 11.0 Å². The summed E-state index contributed by atoms with van der Waals surface area (Å²) in [6.45, 7) is 3.63. The van der Waals surface area contributed by atoms with Gasteiger partial charge in [-0.25, -0.2) is 0 Å². The molecule has 2 aromatic rings. The van der Waals surface area contributed by atoms with Crippen molar-refractivity contribution in [2.24, 2.45) is 0 Å². The summed E-state index contributed by atoms with van der Waals surface area (Å²) < 4.78 is 0. The smallest absolute Gasteiger partial charge is 0.0955 e. The molecule has 0 fully saturated rings. The van der Waals surface area contributed by atoms with Crippen LogP contribution in [0.4, 0.5) is 11.4 Å². The average molecular weight is 240 g/mol. The monoisotopic (exact) mass is 240 g/mol. The lowest BCUT2D eigenvalue weighted by Gasteiger charge is -2.23. The van der Waals surface area contributed by atoms with Gasteiger partial charge in [-0.05, 0) is 31.2 Å². The predicted molar refractivity (Wildman–Crippen MR) is 74.3 cm³/mol. The van der Waals surface area contributed by atoms with E-state index in [1.807, 2.05) is 24.3 Å². The van der Waals surface area contributed by atoms with Crippen LogP contribution in [-0.4, -0.2) is 18.1 Å². The minimum atomic E-state index is 0.506. The van der Waals surface area contributed by atoms with Gasteiger partial charge in [0.05, 0.1) is 23.7 Å². The molecule has 1 aromatic carbocycles. The van der Waals surface area contributed by atoms with Gasteiger partial charge in [-0.1, -0.05) is 0 Å². The van der Waals surface area contributed by atoms with Crippen molar-refractivity contribution in [3.8, 4) is 6.07 Å². The normalized spacial score (nSPS) is 10.2. The first-order valence-electron chi connectivity index (χ1n) is 6.03. The maximum absolute atomic E-state index is 8.70. The number of hydrogen-bond donors (Lipinski definition) is 1. The fourth-order valence-corrected chi connectivity index (χ4v) is 2.07. The SMILES string of the molecule is CCN(CCC#N)c1ccc(N)c2cccnc12. The molecule has 0 aliphatic carbocycles. The van der Waals surface area contributed by atoms with Crippen LogP contribution in [0, 0.1) is 11.3 Å². The van der Waals surface area contributed by atoms with Crippen LogP contribution in [0.15, 0.2) is 30.5 Å². The molecule has 18 heavy (non-hydrogen) atoms. The molecule has 0 saturated carbocycles. The summed E-state index contributed by atoms with van der Waals surface area (Å²) in [5.41, 5.74) is 8.63. The van der Waals surface area contributed by atoms with E-state index in [1.165, 1.54) is 0 Å². The lowest BCUT2D eigenvalue weighted by Crippen LogP contribution is -2.24. The number of nitrogen functional groups attached to an aromatic ring is 1. The molecule has 4 nitrogen and oxygen atoms in total. The molecule has 0 amide bonds. The maximum Gasteiger partial charge on any atom is 0.0955 e. The molecule has 0 bridgehead atoms. The second kappa shape index (κ2) is 5.37. The molecule has 1 aromatic heterocycles. The van der Waals surface area contributed by atoms with Crippen molar-refractivity contribution >= 4 is 22.3 Å². The van der Waals surface area contributed by atoms with Gasteiger partial charge < -0.3 is 10.6 Å². The second-order valence-corrected chi connectivity index (χ2v) is 4.06. The van der Waals surface area contributed by atoms with Gasteiger partial charge >= 0.3 is 0 Å². The van der Waals surface area contributed by atoms with Crippen LogP contribution in [0.3, 0.4) is 0 Å². The third-order valence-corrected chi connectivity index (χ3v) is 3.00. The minimum Gasteiger partial charge on any atom is -0.398 e. The zero-order valence-electron chi connectivity index (χ0n) is 10.4. The molecule has 0 radical (unpaired) electrons. The number of rotatable bonds is 4. The molecule has 1 heterocycles. The van der Waals surface area contributed by atoms with Crippen LogP contribution in [0.2, 0.25) is 0 Å². The number of nitriles is 1. The highest BCUT2D eigenvalue weighted by molar-refractivity contribution is 5.98. The van der Waals surface area contributed by atoms with Crippen LogP contribution >= 0.6 is 0 Å². The number of hydrogen-bond acceptors (Lipinski definition) is 4. The van der Waals surface area contributed by atoms with E-state index in [-0.39, 0.29) is 0 Å². The highest BCUT2D eigenvalue weighted by Gasteiger charge is 2.10. The Bertz CT molecular complexity index is 586. The summed E-state index contributed by atoms with van der Waals surface area (Å²) in [5.74, 6) is 0. The van der Waals surface area contributed by atoms with E-state index in [0.29, 0.717) is 13.0 Å². The van der Waals surface area contributed by atoms with Crippen molar-refractivity contribution in [3.63, 3.8) is 0 Å². The average Bonchev–Trinajstić information content (AvgIpc) is 2.42. The van der Waals surface area contributed by atoms with Gasteiger partial charge in [0.25, 0.3) is 0 Å². The van der Waals surface area contributed by atoms with Gasteiger partial charge in [0.1, 0.15) is 0 Å². The summed E-state index contributed by atoms with van der Waals surface area (Å²) >= 11 is 0. The van der Waals surface area contributed by atoms with E-state index in [9.17, 15) is 0 Å². The Balaban J connectivity index is 2.50. The predicted octanol–water partition coefficient (Wildman–Crippen LogP) is 2.56. The van der Waals surface area contributed by atoms with Crippen LogP contribution in [-0.2, 0) is 0 Å². The molecular weight excluding hydrogens is 224 g/mol. The first-order valence-corrected chi connectivity index (χ1v) is 6.03. The number of nitrogens with two attached hydrogens (primary N) is 1. The molecule has 4 heteroatoms. The Kier molecular flexibility index (Phi) is 3.63. The molecule has 92 valence electrons. The molecule has 0 aliphatic heterocycles. The zero-order chi connectivity index (χ0) is 13.0. The van der Waals surface area contributed by atoms with E-state index in [0.717, 1.165) is 28.8 Å². The Hall–Kier alpha value is -2.28. The van der Waals surface area contributed by atoms with Crippen molar-refractivity contribution in [1.29, 1.82) is 5.26 Å². The van der Waals surface area contributed by atoms with Crippen molar-refractivity contribution in [2.75, 3.05) is 23.7 Å². The molecule has 0 spiro atoms. The van der Waals surface area contributed by atoms with Crippen LogP contribution < -0.4 is 10.6 Å². The third-order valence-electron chi connectivity index (χ3n) is 3.00. The molecule has 0 unspecified atom stereocenters. The van der Waals surface area contributed by atoms with Gasteiger partial charge in [0, 0.05) is 30.4 Å². The third kappa shape index (κ3) is 2.21. The van der Waals surface area contributed by atoms with Crippen LogP contribution in [0.25, 0.3) is 10.9 Å². The number of pyridine rings is 1. The summed E-state index contributed by atoms with van der Waals surface area (Å²) in [4.78, 5) is 6.57. The Labute approximate surface area is 107 Å². The highest BCUT2D eigenvalue weighted by atomic mass is 15.1. The van der Waals surface area contributed by atoms with Gasteiger partial charge in [-0.2, -0.15) is 5.26 Å². The van der Waals surface area contributed by atoms with Crippen molar-refractivity contribution in [1.82, 2.24) is 4.98 Å². The van der Waals surface area contributed by atoms with Gasteiger partial charge in [-0.3, -0.25) is 4.98 Å². The number of benzene rings is 1. The van der Waals surface area contributed by atoms with Crippen molar-refractivity contribution in [2.45, 2.75) is 13.3 Å². The van der Waals surface area contributed by atoms with Crippen LogP contribution in [0.5, 0.6) is 0 Å². The number of aromatic nitrogens is 1. The van der Waals surface area contributed by atoms with E-state index < -0.39 is 0 Å². The van der Waals surface area contributed by atoms with Gasteiger partial charge in [0.15, 0.2) is 0 Å². The summed E-state index contributed by atoms with van der Waals surface area (Å²) in [6, 6.07) is 9.90. The van der Waals surface area contributed by atoms with E-state index >= 15 is 0 Å². The molecule has 0 saturated heterocycles. The minimum absolute atomic E-state index is 0.506. The fourth-order valence-electron chi connectivity index (χ4n) is 2.07. The quantitative estimate of drug-likeness (QED) is 0.834. The number of anilines is 2. The summed E-state index contributed by atoms with van der Waals surface area (Å²) in [6.07, 6.45) is 2.27. The molecule has 0 aliphatic rings. The topological polar surface area (TPSA) is 65.9 Å². The summed E-state index contributed by atoms with van der Waals surface area (Å²) in [7, 11) is 0. The maximum atomic E-state index is 8.70. The molecule has 0 atom stereocenters. The number of fused-ring (bicyclic) bond motifs is 1. The lowest BCUT2D eigenvalue weighted by atomic mass is 10.1. The number of nitrogens with zero attached hydrogens (tertiary/aromatic N) is 3. The van der Waals surface area contributed by atoms with Crippen molar-refractivity contribution < 1.29 is 0 Å². The molecular formula is C14H16N4. The van der Waals surface area contributed by atoms with Crippen LogP contribution in [0.1, 0.15) is 13.3 Å².